The van der Waals surface area contributed by atoms with E-state index in [1.54, 1.807) is 24.3 Å². The molecule has 3 rings (SSSR count). The molecule has 0 atom stereocenters. The Morgan fingerprint density at radius 2 is 1.90 bits per heavy atom. The number of imidazole rings is 1. The summed E-state index contributed by atoms with van der Waals surface area (Å²) < 4.78 is 5.61. The number of aromatic nitrogens is 2. The molecule has 0 unspecified atom stereocenters. The number of benzene rings is 2. The van der Waals surface area contributed by atoms with Gasteiger partial charge in [-0.3, -0.25) is 4.79 Å². The van der Waals surface area contributed by atoms with Crippen LogP contribution in [0.3, 0.4) is 0 Å². The predicted molar refractivity (Wildman–Crippen MR) is 75.4 cm³/mol. The zero-order chi connectivity index (χ0) is 13.9. The van der Waals surface area contributed by atoms with Crippen LogP contribution in [-0.4, -0.2) is 15.9 Å². The second-order valence-corrected chi connectivity index (χ2v) is 4.38. The molecule has 0 aliphatic heterocycles. The van der Waals surface area contributed by atoms with Crippen molar-refractivity contribution in [1.29, 1.82) is 0 Å². The number of amides is 1. The van der Waals surface area contributed by atoms with E-state index in [2.05, 4.69) is 9.97 Å². The van der Waals surface area contributed by atoms with Gasteiger partial charge in [0.25, 0.3) is 0 Å². The summed E-state index contributed by atoms with van der Waals surface area (Å²) in [6.07, 6.45) is 0. The van der Waals surface area contributed by atoms with Crippen LogP contribution in [0.4, 0.5) is 0 Å². The number of fused-ring (bicyclic) bond motifs is 1. The first-order valence-corrected chi connectivity index (χ1v) is 6.19. The van der Waals surface area contributed by atoms with Crippen LogP contribution in [0.5, 0.6) is 5.75 Å². The Labute approximate surface area is 115 Å². The lowest BCUT2D eigenvalue weighted by Gasteiger charge is -2.04. The summed E-state index contributed by atoms with van der Waals surface area (Å²) in [5.74, 6) is 0.967. The zero-order valence-corrected chi connectivity index (χ0v) is 10.7. The highest BCUT2D eigenvalue weighted by atomic mass is 16.5. The summed E-state index contributed by atoms with van der Waals surface area (Å²) >= 11 is 0. The van der Waals surface area contributed by atoms with Crippen molar-refractivity contribution in [3.8, 4) is 5.75 Å². The molecule has 1 aromatic heterocycles. The number of primary amides is 1. The second kappa shape index (κ2) is 5.05. The number of rotatable bonds is 4. The number of hydrogen-bond donors (Lipinski definition) is 2. The molecule has 0 bridgehead atoms. The van der Waals surface area contributed by atoms with Crippen LogP contribution in [0.15, 0.2) is 48.5 Å². The van der Waals surface area contributed by atoms with E-state index < -0.39 is 5.91 Å². The highest BCUT2D eigenvalue weighted by molar-refractivity contribution is 5.92. The minimum absolute atomic E-state index is 0.338. The van der Waals surface area contributed by atoms with Gasteiger partial charge in [-0.1, -0.05) is 12.1 Å². The smallest absolute Gasteiger partial charge is 0.248 e. The Bertz CT molecular complexity index is 714. The zero-order valence-electron chi connectivity index (χ0n) is 10.7. The maximum atomic E-state index is 11.0. The van der Waals surface area contributed by atoms with Crippen molar-refractivity contribution in [3.05, 3.63) is 59.9 Å². The van der Waals surface area contributed by atoms with Crippen molar-refractivity contribution in [2.75, 3.05) is 0 Å². The van der Waals surface area contributed by atoms with Crippen LogP contribution < -0.4 is 10.5 Å². The number of carbonyl (C=O) groups is 1. The summed E-state index contributed by atoms with van der Waals surface area (Å²) in [5, 5.41) is 0. The van der Waals surface area contributed by atoms with Gasteiger partial charge in [0.1, 0.15) is 18.2 Å². The van der Waals surface area contributed by atoms with E-state index in [-0.39, 0.29) is 0 Å². The van der Waals surface area contributed by atoms with E-state index in [0.29, 0.717) is 17.9 Å². The number of H-pyrrole nitrogens is 1. The highest BCUT2D eigenvalue weighted by Gasteiger charge is 2.04. The Balaban J connectivity index is 1.71. The number of ether oxygens (including phenoxy) is 1. The average molecular weight is 267 g/mol. The van der Waals surface area contributed by atoms with Gasteiger partial charge in [0.15, 0.2) is 0 Å². The Hall–Kier alpha value is -2.82. The van der Waals surface area contributed by atoms with E-state index in [1.807, 2.05) is 24.3 Å². The second-order valence-electron chi connectivity index (χ2n) is 4.38. The van der Waals surface area contributed by atoms with Crippen molar-refractivity contribution in [2.24, 2.45) is 5.73 Å². The van der Waals surface area contributed by atoms with Crippen molar-refractivity contribution < 1.29 is 9.53 Å². The molecule has 1 amide bonds. The normalized spacial score (nSPS) is 10.6. The van der Waals surface area contributed by atoms with Crippen LogP contribution in [0, 0.1) is 0 Å². The number of aromatic amines is 1. The molecule has 0 radical (unpaired) electrons. The maximum absolute atomic E-state index is 11.0. The van der Waals surface area contributed by atoms with Crippen LogP contribution >= 0.6 is 0 Å². The standard InChI is InChI=1S/C15H13N3O2/c16-15(19)10-5-7-11(8-6-10)20-9-14-17-12-3-1-2-4-13(12)18-14/h1-8H,9H2,(H2,16,19)(H,17,18). The number of nitrogens with zero attached hydrogens (tertiary/aromatic N) is 1. The molecule has 5 heteroatoms. The molecule has 0 saturated heterocycles. The van der Waals surface area contributed by atoms with Gasteiger partial charge in [-0.25, -0.2) is 4.98 Å². The maximum Gasteiger partial charge on any atom is 0.248 e. The van der Waals surface area contributed by atoms with Gasteiger partial charge < -0.3 is 15.5 Å². The number of carbonyl (C=O) groups excluding carboxylic acids is 1. The topological polar surface area (TPSA) is 81.0 Å². The first-order valence-electron chi connectivity index (χ1n) is 6.19. The first kappa shape index (κ1) is 12.2. The van der Waals surface area contributed by atoms with Crippen LogP contribution in [0.1, 0.15) is 16.2 Å². The van der Waals surface area contributed by atoms with Crippen LogP contribution in [0.2, 0.25) is 0 Å². The van der Waals surface area contributed by atoms with Crippen molar-refractivity contribution >= 4 is 16.9 Å². The van der Waals surface area contributed by atoms with E-state index in [4.69, 9.17) is 10.5 Å². The molecular formula is C15H13N3O2. The molecule has 20 heavy (non-hydrogen) atoms. The van der Waals surface area contributed by atoms with Gasteiger partial charge in [-0.2, -0.15) is 0 Å². The largest absolute Gasteiger partial charge is 0.486 e. The molecule has 0 aliphatic carbocycles. The number of nitrogens with one attached hydrogen (secondary N) is 1. The number of nitrogens with two attached hydrogens (primary N) is 1. The third-order valence-electron chi connectivity index (χ3n) is 2.95. The molecule has 0 fully saturated rings. The van der Waals surface area contributed by atoms with E-state index in [9.17, 15) is 4.79 Å². The molecule has 1 heterocycles. The van der Waals surface area contributed by atoms with Crippen molar-refractivity contribution in [1.82, 2.24) is 9.97 Å². The molecule has 0 aliphatic rings. The van der Waals surface area contributed by atoms with Gasteiger partial charge >= 0.3 is 0 Å². The Morgan fingerprint density at radius 3 is 2.60 bits per heavy atom. The Morgan fingerprint density at radius 1 is 1.15 bits per heavy atom. The lowest BCUT2D eigenvalue weighted by atomic mass is 10.2. The quantitative estimate of drug-likeness (QED) is 0.760. The third-order valence-corrected chi connectivity index (χ3v) is 2.95. The van der Waals surface area contributed by atoms with Gasteiger partial charge in [-0.15, -0.1) is 0 Å². The van der Waals surface area contributed by atoms with Gasteiger partial charge in [0, 0.05) is 5.56 Å². The fourth-order valence-corrected chi connectivity index (χ4v) is 1.94. The molecule has 3 N–H and O–H groups in total. The summed E-state index contributed by atoms with van der Waals surface area (Å²) in [6, 6.07) is 14.5. The van der Waals surface area contributed by atoms with E-state index in [0.717, 1.165) is 16.9 Å². The summed E-state index contributed by atoms with van der Waals surface area (Å²) in [4.78, 5) is 18.6. The lowest BCUT2D eigenvalue weighted by molar-refractivity contribution is 0.1000. The molecule has 5 nitrogen and oxygen atoms in total. The molecule has 0 spiro atoms. The minimum atomic E-state index is -0.450. The van der Waals surface area contributed by atoms with Crippen molar-refractivity contribution in [3.63, 3.8) is 0 Å². The van der Waals surface area contributed by atoms with Gasteiger partial charge in [0.05, 0.1) is 11.0 Å². The Kier molecular flexibility index (Phi) is 3.09. The van der Waals surface area contributed by atoms with Crippen molar-refractivity contribution in [2.45, 2.75) is 6.61 Å². The summed E-state index contributed by atoms with van der Waals surface area (Å²) in [5.41, 5.74) is 7.53. The third kappa shape index (κ3) is 2.47. The summed E-state index contributed by atoms with van der Waals surface area (Å²) in [7, 11) is 0. The average Bonchev–Trinajstić information content (AvgIpc) is 2.88. The van der Waals surface area contributed by atoms with Gasteiger partial charge in [-0.05, 0) is 36.4 Å². The molecule has 3 aromatic rings. The molecule has 0 saturated carbocycles. The molecule has 100 valence electrons. The minimum Gasteiger partial charge on any atom is -0.486 e. The first-order chi connectivity index (χ1) is 9.72. The fourth-order valence-electron chi connectivity index (χ4n) is 1.94. The number of hydrogen-bond acceptors (Lipinski definition) is 3. The van der Waals surface area contributed by atoms with E-state index >= 15 is 0 Å². The predicted octanol–water partition coefficient (Wildman–Crippen LogP) is 2.24. The highest BCUT2D eigenvalue weighted by Crippen LogP contribution is 2.15. The van der Waals surface area contributed by atoms with E-state index in [1.165, 1.54) is 0 Å². The fraction of sp³-hybridized carbons (Fsp3) is 0.0667. The van der Waals surface area contributed by atoms with Crippen LogP contribution in [0.25, 0.3) is 11.0 Å². The van der Waals surface area contributed by atoms with Crippen LogP contribution in [-0.2, 0) is 6.61 Å². The monoisotopic (exact) mass is 267 g/mol. The molecule has 2 aromatic carbocycles. The number of para-hydroxylation sites is 2. The van der Waals surface area contributed by atoms with Gasteiger partial charge in [0.2, 0.25) is 5.91 Å². The summed E-state index contributed by atoms with van der Waals surface area (Å²) in [6.45, 7) is 0.338. The SMILES string of the molecule is NC(=O)c1ccc(OCc2nc3ccccc3[nH]2)cc1. The lowest BCUT2D eigenvalue weighted by Crippen LogP contribution is -2.10. The molecular weight excluding hydrogens is 254 g/mol.